The van der Waals surface area contributed by atoms with Gasteiger partial charge in [0, 0.05) is 49.4 Å². The minimum absolute atomic E-state index is 0.151. The van der Waals surface area contributed by atoms with Gasteiger partial charge >= 0.3 is 6.18 Å². The molecule has 0 amide bonds. The highest BCUT2D eigenvalue weighted by atomic mass is 19.4. The number of fused-ring (bicyclic) bond motifs is 1. The highest BCUT2D eigenvalue weighted by Gasteiger charge is 2.36. The number of methoxy groups -OCH3 is 1. The van der Waals surface area contributed by atoms with Crippen molar-refractivity contribution < 1.29 is 17.9 Å². The largest absolute Gasteiger partial charge is 0.480 e. The fourth-order valence-electron chi connectivity index (χ4n) is 5.13. The van der Waals surface area contributed by atoms with Crippen molar-refractivity contribution in [2.75, 3.05) is 19.0 Å². The van der Waals surface area contributed by atoms with E-state index >= 15 is 0 Å². The highest BCUT2D eigenvalue weighted by molar-refractivity contribution is 5.68. The second-order valence-electron chi connectivity index (χ2n) is 10.9. The summed E-state index contributed by atoms with van der Waals surface area (Å²) in [4.78, 5) is 28.5. The molecule has 1 saturated carbocycles. The highest BCUT2D eigenvalue weighted by Crippen LogP contribution is 2.45. The third-order valence-electron chi connectivity index (χ3n) is 7.52. The molecule has 4 aromatic heterocycles. The minimum Gasteiger partial charge on any atom is -0.480 e. The zero-order valence-electron chi connectivity index (χ0n) is 23.9. The Hall–Kier alpha value is -4.80. The fraction of sp³-hybridized carbons (Fsp3) is 0.414. The van der Waals surface area contributed by atoms with E-state index in [0.717, 1.165) is 41.6 Å². The van der Waals surface area contributed by atoms with Gasteiger partial charge in [-0.15, -0.1) is 0 Å². The maximum atomic E-state index is 13.3. The molecule has 0 atom stereocenters. The van der Waals surface area contributed by atoms with Crippen molar-refractivity contribution in [3.63, 3.8) is 0 Å². The molecule has 222 valence electrons. The predicted molar refractivity (Wildman–Crippen MR) is 149 cm³/mol. The van der Waals surface area contributed by atoms with Gasteiger partial charge in [0.05, 0.1) is 25.0 Å². The normalized spacial score (nSPS) is 14.9. The monoisotopic (exact) mass is 590 g/mol. The second kappa shape index (κ2) is 11.1. The molecular weight excluding hydrogens is 561 g/mol. The molecule has 0 saturated heterocycles. The van der Waals surface area contributed by atoms with Crippen molar-refractivity contribution in [1.82, 2.24) is 39.4 Å². The van der Waals surface area contributed by atoms with Crippen LogP contribution in [0.15, 0.2) is 30.9 Å². The number of pyridine rings is 1. The van der Waals surface area contributed by atoms with Gasteiger partial charge in [-0.05, 0) is 38.3 Å². The van der Waals surface area contributed by atoms with Crippen LogP contribution in [0, 0.1) is 11.5 Å². The van der Waals surface area contributed by atoms with Crippen molar-refractivity contribution in [2.24, 2.45) is 0 Å². The number of nitriles is 1. The van der Waals surface area contributed by atoms with Crippen LogP contribution in [0.5, 0.6) is 5.88 Å². The second-order valence-corrected chi connectivity index (χ2v) is 10.9. The Kier molecular flexibility index (Phi) is 7.33. The molecule has 0 aromatic carbocycles. The minimum atomic E-state index is -4.55. The first-order chi connectivity index (χ1) is 20.7. The number of halogens is 3. The first kappa shape index (κ1) is 28.3. The zero-order chi connectivity index (χ0) is 30.3. The summed E-state index contributed by atoms with van der Waals surface area (Å²) in [5.74, 6) is 1.89. The van der Waals surface area contributed by atoms with E-state index in [-0.39, 0.29) is 11.9 Å². The number of ether oxygens (including phenoxy) is 1. The lowest BCUT2D eigenvalue weighted by Gasteiger charge is -2.26. The van der Waals surface area contributed by atoms with Gasteiger partial charge in [0.15, 0.2) is 23.5 Å². The number of nitrogens with zero attached hydrogens (tertiary/aromatic N) is 9. The van der Waals surface area contributed by atoms with Crippen LogP contribution in [0.3, 0.4) is 0 Å². The van der Waals surface area contributed by atoms with Gasteiger partial charge in [-0.3, -0.25) is 4.98 Å². The van der Waals surface area contributed by atoms with E-state index in [4.69, 9.17) is 14.7 Å². The van der Waals surface area contributed by atoms with Crippen LogP contribution >= 0.6 is 0 Å². The van der Waals surface area contributed by atoms with Gasteiger partial charge in [0.25, 0.3) is 0 Å². The molecule has 1 N–H and O–H groups in total. The average molecular weight is 591 g/mol. The molecule has 0 bridgehead atoms. The van der Waals surface area contributed by atoms with Crippen LogP contribution in [-0.4, -0.2) is 53.0 Å². The fourth-order valence-corrected chi connectivity index (χ4v) is 5.13. The van der Waals surface area contributed by atoms with E-state index < -0.39 is 11.9 Å². The third kappa shape index (κ3) is 5.67. The Balaban J connectivity index is 1.31. The maximum Gasteiger partial charge on any atom is 0.434 e. The van der Waals surface area contributed by atoms with E-state index in [2.05, 4.69) is 31.4 Å². The Morgan fingerprint density at radius 3 is 2.60 bits per heavy atom. The number of imidazole rings is 1. The van der Waals surface area contributed by atoms with Crippen LogP contribution in [-0.2, 0) is 25.7 Å². The number of aromatic nitrogens is 7. The predicted octanol–water partition coefficient (Wildman–Crippen LogP) is 5.13. The first-order valence-electron chi connectivity index (χ1n) is 13.9. The Labute approximate surface area is 245 Å². The summed E-state index contributed by atoms with van der Waals surface area (Å²) < 4.78 is 47.1. The van der Waals surface area contributed by atoms with Crippen molar-refractivity contribution in [1.29, 1.82) is 5.26 Å². The quantitative estimate of drug-likeness (QED) is 0.276. The van der Waals surface area contributed by atoms with Crippen molar-refractivity contribution >= 4 is 5.82 Å². The van der Waals surface area contributed by atoms with E-state index in [0.29, 0.717) is 60.8 Å². The van der Waals surface area contributed by atoms with Crippen LogP contribution in [0.2, 0.25) is 0 Å². The summed E-state index contributed by atoms with van der Waals surface area (Å²) >= 11 is 0. The van der Waals surface area contributed by atoms with Crippen molar-refractivity contribution in [3.05, 3.63) is 59.1 Å². The summed E-state index contributed by atoms with van der Waals surface area (Å²) in [5.41, 5.74) is 3.35. The standard InChI is InChI=1S/C29H29F3N10O/c1-16(2)42-13-22(29(30,31)32)39-27(42)21-7-4-17(10-34-21)11-35-25-19-12-41(14-33)9-8-20(19)38-26(40-25)23-24(18-5-6-18)36-15-37-28(23)43-3/h4,7,10,13,15-16,18H,5-6,8-9,11-12H2,1-3H3,(H,35,38,40). The molecule has 43 heavy (non-hydrogen) atoms. The number of rotatable bonds is 8. The van der Waals surface area contributed by atoms with Gasteiger partial charge in [-0.25, -0.2) is 24.9 Å². The molecule has 5 heterocycles. The summed E-state index contributed by atoms with van der Waals surface area (Å²) in [7, 11) is 1.55. The lowest BCUT2D eigenvalue weighted by atomic mass is 10.0. The number of hydrogen-bond donors (Lipinski definition) is 1. The van der Waals surface area contributed by atoms with E-state index in [1.807, 2.05) is 0 Å². The lowest BCUT2D eigenvalue weighted by Crippen LogP contribution is -2.28. The summed E-state index contributed by atoms with van der Waals surface area (Å²) in [6.07, 6.45) is 4.39. The molecule has 2 aliphatic rings. The molecule has 6 rings (SSSR count). The van der Waals surface area contributed by atoms with Crippen LogP contribution in [0.25, 0.3) is 22.9 Å². The van der Waals surface area contributed by atoms with Crippen LogP contribution in [0.1, 0.15) is 66.9 Å². The molecule has 1 aliphatic heterocycles. The summed E-state index contributed by atoms with van der Waals surface area (Å²) in [6.45, 7) is 4.82. The molecule has 0 spiro atoms. The Morgan fingerprint density at radius 1 is 1.14 bits per heavy atom. The van der Waals surface area contributed by atoms with Gasteiger partial charge in [-0.1, -0.05) is 6.07 Å². The smallest absolute Gasteiger partial charge is 0.434 e. The summed E-state index contributed by atoms with van der Waals surface area (Å²) in [5, 5.41) is 12.9. The summed E-state index contributed by atoms with van der Waals surface area (Å²) in [6, 6.07) is 3.21. The molecule has 11 nitrogen and oxygen atoms in total. The number of nitrogens with one attached hydrogen (secondary N) is 1. The number of anilines is 1. The first-order valence-corrected chi connectivity index (χ1v) is 13.9. The molecule has 4 aromatic rings. The zero-order valence-corrected chi connectivity index (χ0v) is 23.9. The average Bonchev–Trinajstić information content (AvgIpc) is 3.75. The molecule has 14 heteroatoms. The molecule has 1 aliphatic carbocycles. The maximum absolute atomic E-state index is 13.3. The van der Waals surface area contributed by atoms with E-state index in [9.17, 15) is 18.4 Å². The van der Waals surface area contributed by atoms with Crippen LogP contribution in [0.4, 0.5) is 19.0 Å². The number of hydrogen-bond acceptors (Lipinski definition) is 10. The van der Waals surface area contributed by atoms with Crippen molar-refractivity contribution in [2.45, 2.75) is 64.3 Å². The third-order valence-corrected chi connectivity index (χ3v) is 7.52. The van der Waals surface area contributed by atoms with Gasteiger partial charge in [0.2, 0.25) is 5.88 Å². The van der Waals surface area contributed by atoms with Gasteiger partial charge < -0.3 is 19.5 Å². The molecule has 0 unspecified atom stereocenters. The lowest BCUT2D eigenvalue weighted by molar-refractivity contribution is -0.140. The molecule has 1 fully saturated rings. The Morgan fingerprint density at radius 2 is 1.95 bits per heavy atom. The molecular formula is C29H29F3N10O. The van der Waals surface area contributed by atoms with Crippen LogP contribution < -0.4 is 10.1 Å². The SMILES string of the molecule is COc1ncnc(C2CC2)c1-c1nc2c(c(NCc3ccc(-c4nc(C(F)(F)F)cn4C(C)C)nc3)n1)CN(C#N)CC2. The van der Waals surface area contributed by atoms with Crippen molar-refractivity contribution in [3.8, 4) is 35.0 Å². The Bertz CT molecular complexity index is 1690. The van der Waals surface area contributed by atoms with E-state index in [1.54, 1.807) is 44.2 Å². The molecule has 0 radical (unpaired) electrons. The topological polar surface area (TPSA) is 131 Å². The van der Waals surface area contributed by atoms with E-state index in [1.165, 1.54) is 10.9 Å². The van der Waals surface area contributed by atoms with Gasteiger partial charge in [0.1, 0.15) is 23.4 Å². The van der Waals surface area contributed by atoms with Gasteiger partial charge in [-0.2, -0.15) is 18.4 Å². The number of alkyl halides is 3.